The number of hydrogen-bond acceptors (Lipinski definition) is 7. The largest absolute Gasteiger partial charge is 0.466 e. The monoisotopic (exact) mass is 578 g/mol. The van der Waals surface area contributed by atoms with Crippen LogP contribution in [0, 0.1) is 10.1 Å². The van der Waals surface area contributed by atoms with Crippen LogP contribution in [0.15, 0.2) is 46.8 Å². The number of ether oxygens (including phenoxy) is 2. The predicted molar refractivity (Wildman–Crippen MR) is 113 cm³/mol. The maximum Gasteiger partial charge on any atom is 0.460 e. The second kappa shape index (κ2) is 10.8. The van der Waals surface area contributed by atoms with Gasteiger partial charge in [0.1, 0.15) is 0 Å². The van der Waals surface area contributed by atoms with Crippen LogP contribution in [0.2, 0.25) is 0 Å². The summed E-state index contributed by atoms with van der Waals surface area (Å²) in [5, 5.41) is 13.8. The lowest BCUT2D eigenvalue weighted by Crippen LogP contribution is -2.61. The fourth-order valence-electron chi connectivity index (χ4n) is 3.71. The van der Waals surface area contributed by atoms with Crippen LogP contribution in [0.4, 0.5) is 45.2 Å². The standard InChI is InChI=1S/C22H19F9N2O6/c1-10-14(17(34)38-3)16(12-5-4-6-13(9-12)33(36)37)15(11(2)32-10)18(35)39-8-7-19(23,24)20(25,26)21(27,28)22(29,30)31/h4-6,9,16,32H,7-8H2,1-3H3. The van der Waals surface area contributed by atoms with E-state index in [-0.39, 0.29) is 22.5 Å². The summed E-state index contributed by atoms with van der Waals surface area (Å²) in [5.74, 6) is -24.1. The van der Waals surface area contributed by atoms with E-state index in [9.17, 15) is 59.2 Å². The molecule has 0 bridgehead atoms. The van der Waals surface area contributed by atoms with Gasteiger partial charge in [-0.05, 0) is 19.4 Å². The molecule has 1 aliphatic rings. The molecule has 17 heteroatoms. The van der Waals surface area contributed by atoms with Crippen molar-refractivity contribution < 1.29 is 63.5 Å². The number of nitro groups is 1. The van der Waals surface area contributed by atoms with E-state index in [0.717, 1.165) is 19.2 Å². The smallest absolute Gasteiger partial charge is 0.460 e. The van der Waals surface area contributed by atoms with E-state index in [1.54, 1.807) is 0 Å². The number of rotatable bonds is 9. The Kier molecular flexibility index (Phi) is 8.67. The predicted octanol–water partition coefficient (Wildman–Crippen LogP) is 5.40. The van der Waals surface area contributed by atoms with Crippen molar-refractivity contribution in [3.05, 3.63) is 62.5 Å². The summed E-state index contributed by atoms with van der Waals surface area (Å²) in [6, 6.07) is 4.50. The lowest BCUT2D eigenvalue weighted by molar-refractivity contribution is -0.397. The van der Waals surface area contributed by atoms with Crippen molar-refractivity contribution in [2.75, 3.05) is 13.7 Å². The van der Waals surface area contributed by atoms with Gasteiger partial charge in [-0.3, -0.25) is 10.1 Å². The Morgan fingerprint density at radius 3 is 1.97 bits per heavy atom. The third kappa shape index (κ3) is 5.80. The molecule has 0 radical (unpaired) electrons. The van der Waals surface area contributed by atoms with Crippen LogP contribution in [0.1, 0.15) is 31.7 Å². The number of esters is 2. The molecule has 1 atom stereocenters. The first kappa shape index (κ1) is 31.4. The Morgan fingerprint density at radius 1 is 0.949 bits per heavy atom. The maximum absolute atomic E-state index is 13.8. The molecule has 2 rings (SSSR count). The second-order valence-corrected chi connectivity index (χ2v) is 8.22. The van der Waals surface area contributed by atoms with E-state index in [1.807, 2.05) is 0 Å². The normalized spacial score (nSPS) is 17.1. The molecule has 0 aromatic heterocycles. The van der Waals surface area contributed by atoms with Crippen LogP contribution in [-0.4, -0.2) is 54.5 Å². The van der Waals surface area contributed by atoms with Crippen LogP contribution >= 0.6 is 0 Å². The van der Waals surface area contributed by atoms with Crippen LogP contribution < -0.4 is 5.32 Å². The van der Waals surface area contributed by atoms with Gasteiger partial charge < -0.3 is 14.8 Å². The van der Waals surface area contributed by atoms with Crippen molar-refractivity contribution in [2.45, 2.75) is 50.1 Å². The second-order valence-electron chi connectivity index (χ2n) is 8.22. The lowest BCUT2D eigenvalue weighted by atomic mass is 9.80. The molecule has 1 unspecified atom stereocenters. The summed E-state index contributed by atoms with van der Waals surface area (Å²) in [6.45, 7) is 0.862. The number of methoxy groups -OCH3 is 1. The zero-order chi connectivity index (χ0) is 30.1. The van der Waals surface area contributed by atoms with E-state index in [1.165, 1.54) is 26.0 Å². The molecule has 1 N–H and O–H groups in total. The van der Waals surface area contributed by atoms with Crippen molar-refractivity contribution in [3.8, 4) is 0 Å². The third-order valence-electron chi connectivity index (χ3n) is 5.66. The van der Waals surface area contributed by atoms with Gasteiger partial charge in [0.15, 0.2) is 0 Å². The maximum atomic E-state index is 13.8. The van der Waals surface area contributed by atoms with Crippen LogP contribution in [0.5, 0.6) is 0 Å². The number of allylic oxidation sites excluding steroid dienone is 2. The number of carbonyl (C=O) groups excluding carboxylic acids is 2. The molecule has 0 amide bonds. The lowest BCUT2D eigenvalue weighted by Gasteiger charge is -2.33. The van der Waals surface area contributed by atoms with Crippen LogP contribution in [0.3, 0.4) is 0 Å². The molecular formula is C22H19F9N2O6. The average Bonchev–Trinajstić information content (AvgIpc) is 2.81. The van der Waals surface area contributed by atoms with E-state index >= 15 is 0 Å². The van der Waals surface area contributed by atoms with Gasteiger partial charge in [0.25, 0.3) is 5.69 Å². The van der Waals surface area contributed by atoms with Gasteiger partial charge in [-0.2, -0.15) is 39.5 Å². The Morgan fingerprint density at radius 2 is 1.49 bits per heavy atom. The number of alkyl halides is 9. The topological polar surface area (TPSA) is 108 Å². The number of hydrogen-bond donors (Lipinski definition) is 1. The molecule has 0 saturated heterocycles. The number of nitro benzene ring substituents is 1. The SMILES string of the molecule is COC(=O)C1=C(C)NC(C)=C(C(=O)OCCC(F)(F)C(F)(F)C(F)(F)C(F)(F)F)C1c1cccc([N+](=O)[O-])c1. The number of nitrogens with zero attached hydrogens (tertiary/aromatic N) is 1. The van der Waals surface area contributed by atoms with Gasteiger partial charge in [0, 0.05) is 23.5 Å². The number of dihydropyridines is 1. The fourth-order valence-corrected chi connectivity index (χ4v) is 3.71. The summed E-state index contributed by atoms with van der Waals surface area (Å²) in [4.78, 5) is 35.8. The van der Waals surface area contributed by atoms with Gasteiger partial charge in [0.2, 0.25) is 0 Å². The molecule has 1 aromatic rings. The summed E-state index contributed by atoms with van der Waals surface area (Å²) < 4.78 is 127. The molecule has 0 aliphatic carbocycles. The highest BCUT2D eigenvalue weighted by Gasteiger charge is 2.81. The minimum Gasteiger partial charge on any atom is -0.466 e. The first-order chi connectivity index (χ1) is 17.7. The van der Waals surface area contributed by atoms with E-state index in [0.29, 0.717) is 0 Å². The minimum atomic E-state index is -7.11. The molecular weight excluding hydrogens is 559 g/mol. The summed E-state index contributed by atoms with van der Waals surface area (Å²) in [5.41, 5.74) is -1.33. The van der Waals surface area contributed by atoms with Crippen molar-refractivity contribution in [1.82, 2.24) is 5.32 Å². The molecule has 1 aromatic carbocycles. The molecule has 1 heterocycles. The Hall–Kier alpha value is -3.79. The summed E-state index contributed by atoms with van der Waals surface area (Å²) >= 11 is 0. The van der Waals surface area contributed by atoms with Crippen molar-refractivity contribution >= 4 is 17.6 Å². The van der Waals surface area contributed by atoms with Crippen molar-refractivity contribution in [2.24, 2.45) is 0 Å². The molecule has 39 heavy (non-hydrogen) atoms. The van der Waals surface area contributed by atoms with E-state index in [2.05, 4.69) is 14.8 Å². The number of benzene rings is 1. The average molecular weight is 578 g/mol. The van der Waals surface area contributed by atoms with Crippen molar-refractivity contribution in [3.63, 3.8) is 0 Å². The molecule has 0 spiro atoms. The summed E-state index contributed by atoms with van der Waals surface area (Å²) in [6.07, 6.45) is -9.44. The quantitative estimate of drug-likeness (QED) is 0.181. The van der Waals surface area contributed by atoms with Gasteiger partial charge in [0.05, 0.1) is 42.1 Å². The third-order valence-corrected chi connectivity index (χ3v) is 5.66. The molecule has 0 fully saturated rings. The highest BCUT2D eigenvalue weighted by molar-refractivity contribution is 5.99. The molecule has 0 saturated carbocycles. The highest BCUT2D eigenvalue weighted by atomic mass is 19.4. The number of non-ortho nitro benzene ring substituents is 1. The Labute approximate surface area is 213 Å². The highest BCUT2D eigenvalue weighted by Crippen LogP contribution is 2.54. The van der Waals surface area contributed by atoms with Gasteiger partial charge in [-0.25, -0.2) is 9.59 Å². The molecule has 216 valence electrons. The first-order valence-corrected chi connectivity index (χ1v) is 10.6. The Balaban J connectivity index is 2.42. The number of halogens is 9. The molecule has 1 aliphatic heterocycles. The van der Waals surface area contributed by atoms with Gasteiger partial charge >= 0.3 is 35.9 Å². The Bertz CT molecular complexity index is 1220. The minimum absolute atomic E-state index is 0.0570. The van der Waals surface area contributed by atoms with Gasteiger partial charge in [-0.1, -0.05) is 12.1 Å². The number of carbonyl (C=O) groups is 2. The zero-order valence-corrected chi connectivity index (χ0v) is 20.1. The zero-order valence-electron chi connectivity index (χ0n) is 20.1. The van der Waals surface area contributed by atoms with Crippen LogP contribution in [0.25, 0.3) is 0 Å². The summed E-state index contributed by atoms with van der Waals surface area (Å²) in [7, 11) is 0.968. The van der Waals surface area contributed by atoms with E-state index < -0.39 is 71.0 Å². The first-order valence-electron chi connectivity index (χ1n) is 10.6. The van der Waals surface area contributed by atoms with Crippen LogP contribution in [-0.2, 0) is 19.1 Å². The fraction of sp³-hybridized carbons (Fsp3) is 0.455. The number of nitrogens with one attached hydrogen (secondary N) is 1. The van der Waals surface area contributed by atoms with Gasteiger partial charge in [-0.15, -0.1) is 0 Å². The van der Waals surface area contributed by atoms with E-state index in [4.69, 9.17) is 0 Å². The van der Waals surface area contributed by atoms with Crippen molar-refractivity contribution in [1.29, 1.82) is 0 Å². The molecule has 8 nitrogen and oxygen atoms in total.